The molecule has 0 spiro atoms. The van der Waals surface area contributed by atoms with Crippen LogP contribution in [0.25, 0.3) is 10.2 Å². The molecular formula is C27H34N6O4S. The number of benzene rings is 1. The normalized spacial score (nSPS) is 33.0. The minimum atomic E-state index is -1.04. The summed E-state index contributed by atoms with van der Waals surface area (Å²) in [5.41, 5.74) is 2.09. The van der Waals surface area contributed by atoms with Crippen LogP contribution in [0.3, 0.4) is 0 Å². The second kappa shape index (κ2) is 10.9. The largest absolute Gasteiger partial charge is 0.396 e. The first-order chi connectivity index (χ1) is 18.5. The Balaban J connectivity index is 1.22. The van der Waals surface area contributed by atoms with Gasteiger partial charge < -0.3 is 20.6 Å². The first-order valence-corrected chi connectivity index (χ1v) is 14.1. The average molecular weight is 539 g/mol. The summed E-state index contributed by atoms with van der Waals surface area (Å²) >= 11 is 1.49. The van der Waals surface area contributed by atoms with E-state index >= 15 is 0 Å². The van der Waals surface area contributed by atoms with Crippen molar-refractivity contribution in [3.63, 3.8) is 0 Å². The number of amides is 1. The van der Waals surface area contributed by atoms with Gasteiger partial charge in [-0.3, -0.25) is 25.3 Å². The summed E-state index contributed by atoms with van der Waals surface area (Å²) in [6.45, 7) is 1.42. The number of piperidine rings is 1. The van der Waals surface area contributed by atoms with Crippen molar-refractivity contribution in [3.05, 3.63) is 59.4 Å². The molecule has 1 aliphatic carbocycles. The number of hydrogen-bond acceptors (Lipinski definition) is 10. The van der Waals surface area contributed by atoms with Gasteiger partial charge in [-0.15, -0.1) is 11.3 Å². The Labute approximate surface area is 225 Å². The molecule has 6 rings (SSSR count). The molecule has 3 aliphatic rings. The smallest absolute Gasteiger partial charge is 0.235 e. The zero-order chi connectivity index (χ0) is 26.2. The van der Waals surface area contributed by atoms with Gasteiger partial charge in [0.05, 0.1) is 28.6 Å². The lowest BCUT2D eigenvalue weighted by molar-refractivity contribution is -0.130. The maximum absolute atomic E-state index is 13.6. The Hall–Kier alpha value is -2.51. The fraction of sp³-hybridized carbons (Fsp3) is 0.519. The van der Waals surface area contributed by atoms with E-state index in [9.17, 15) is 20.1 Å². The molecule has 2 saturated heterocycles. The SMILES string of the molecule is O=C1NC(N2CCC(c3cccnc3)CC2)NC(N[C@@H]2C[C@H](CO)[C@@H](O)[C@H]2O)C1c1nc2ccccc2s1. The van der Waals surface area contributed by atoms with Gasteiger partial charge in [-0.1, -0.05) is 18.2 Å². The lowest BCUT2D eigenvalue weighted by Crippen LogP contribution is -2.71. The highest BCUT2D eigenvalue weighted by atomic mass is 32.1. The highest BCUT2D eigenvalue weighted by Gasteiger charge is 2.46. The van der Waals surface area contributed by atoms with Crippen molar-refractivity contribution in [1.82, 2.24) is 30.8 Å². The summed E-state index contributed by atoms with van der Waals surface area (Å²) in [6, 6.07) is 11.4. The Kier molecular flexibility index (Phi) is 7.41. The molecule has 1 saturated carbocycles. The molecule has 1 aromatic carbocycles. The van der Waals surface area contributed by atoms with Crippen LogP contribution in [0, 0.1) is 5.92 Å². The monoisotopic (exact) mass is 538 g/mol. The summed E-state index contributed by atoms with van der Waals surface area (Å²) < 4.78 is 1.00. The van der Waals surface area contributed by atoms with E-state index in [-0.39, 0.29) is 18.8 Å². The number of fused-ring (bicyclic) bond motifs is 1. The minimum Gasteiger partial charge on any atom is -0.396 e. The number of aliphatic hydroxyl groups is 3. The number of aromatic nitrogens is 2. The van der Waals surface area contributed by atoms with Crippen molar-refractivity contribution in [2.45, 2.75) is 61.8 Å². The first kappa shape index (κ1) is 25.8. The summed E-state index contributed by atoms with van der Waals surface area (Å²) in [7, 11) is 0. The molecule has 4 heterocycles. The van der Waals surface area contributed by atoms with Crippen molar-refractivity contribution in [3.8, 4) is 0 Å². The van der Waals surface area contributed by atoms with E-state index in [2.05, 4.69) is 31.9 Å². The number of pyridine rings is 1. The number of rotatable bonds is 6. The van der Waals surface area contributed by atoms with Gasteiger partial charge in [0, 0.05) is 44.0 Å². The van der Waals surface area contributed by atoms with Crippen LogP contribution < -0.4 is 16.0 Å². The van der Waals surface area contributed by atoms with Crippen LogP contribution in [0.5, 0.6) is 0 Å². The standard InChI is InChI=1S/C27H34N6O4S/c34-14-17-12-19(23(36)22(17)35)29-24-21(26-30-18-5-1-2-6-20(18)38-26)25(37)32-27(31-24)33-10-7-15(8-11-33)16-4-3-9-28-13-16/h1-6,9,13,15,17,19,21-24,27,29,31,34-36H,7-8,10-12,14H2,(H,32,37)/t17-,19-,21?,22-,23+,24?,27?/m1/s1. The molecule has 6 N–H and O–H groups in total. The van der Waals surface area contributed by atoms with Gasteiger partial charge in [0.15, 0.2) is 0 Å². The van der Waals surface area contributed by atoms with Crippen molar-refractivity contribution in [2.75, 3.05) is 19.7 Å². The zero-order valence-corrected chi connectivity index (χ0v) is 21.8. The Morgan fingerprint density at radius 3 is 2.63 bits per heavy atom. The molecular weight excluding hydrogens is 504 g/mol. The van der Waals surface area contributed by atoms with E-state index in [4.69, 9.17) is 4.98 Å². The van der Waals surface area contributed by atoms with Gasteiger partial charge in [0.25, 0.3) is 0 Å². The molecule has 0 radical (unpaired) electrons. The molecule has 0 bridgehead atoms. The van der Waals surface area contributed by atoms with Gasteiger partial charge in [-0.2, -0.15) is 0 Å². The summed E-state index contributed by atoms with van der Waals surface area (Å²) in [6.07, 6.45) is 3.11. The maximum atomic E-state index is 13.6. The molecule has 3 aromatic rings. The minimum absolute atomic E-state index is 0.133. The molecule has 38 heavy (non-hydrogen) atoms. The van der Waals surface area contributed by atoms with E-state index < -0.39 is 36.3 Å². The highest BCUT2D eigenvalue weighted by Crippen LogP contribution is 2.34. The molecule has 3 unspecified atom stereocenters. The van der Waals surface area contributed by atoms with Gasteiger partial charge in [-0.25, -0.2) is 4.98 Å². The number of thiazole rings is 1. The van der Waals surface area contributed by atoms with E-state index in [0.717, 1.165) is 36.1 Å². The summed E-state index contributed by atoms with van der Waals surface area (Å²) in [4.78, 5) is 24.9. The number of aliphatic hydroxyl groups excluding tert-OH is 3. The lowest BCUT2D eigenvalue weighted by Gasteiger charge is -2.45. The Morgan fingerprint density at radius 2 is 1.92 bits per heavy atom. The molecule has 3 fully saturated rings. The quantitative estimate of drug-likeness (QED) is 0.267. The second-order valence-corrected chi connectivity index (χ2v) is 11.6. The predicted molar refractivity (Wildman–Crippen MR) is 143 cm³/mol. The van der Waals surface area contributed by atoms with Crippen molar-refractivity contribution >= 4 is 27.5 Å². The van der Waals surface area contributed by atoms with Crippen molar-refractivity contribution < 1.29 is 20.1 Å². The first-order valence-electron chi connectivity index (χ1n) is 13.3. The third-order valence-corrected chi connectivity index (χ3v) is 9.41. The van der Waals surface area contributed by atoms with Crippen LogP contribution in [0.1, 0.15) is 41.7 Å². The number of carbonyl (C=O) groups excluding carboxylic acids is 1. The van der Waals surface area contributed by atoms with E-state index in [1.807, 2.05) is 36.5 Å². The van der Waals surface area contributed by atoms with Crippen LogP contribution in [-0.2, 0) is 4.79 Å². The molecule has 1 amide bonds. The zero-order valence-electron chi connectivity index (χ0n) is 21.0. The number of nitrogens with one attached hydrogen (secondary N) is 3. The van der Waals surface area contributed by atoms with E-state index in [0.29, 0.717) is 17.3 Å². The fourth-order valence-corrected chi connectivity index (χ4v) is 7.22. The average Bonchev–Trinajstić information content (AvgIpc) is 3.49. The van der Waals surface area contributed by atoms with E-state index in [1.54, 1.807) is 6.20 Å². The molecule has 202 valence electrons. The molecule has 2 aliphatic heterocycles. The van der Waals surface area contributed by atoms with Crippen LogP contribution >= 0.6 is 11.3 Å². The number of hydrogen-bond donors (Lipinski definition) is 6. The number of para-hydroxylation sites is 1. The second-order valence-electron chi connectivity index (χ2n) is 10.6. The van der Waals surface area contributed by atoms with Gasteiger partial charge in [0.2, 0.25) is 5.91 Å². The topological polar surface area (TPSA) is 143 Å². The maximum Gasteiger partial charge on any atom is 0.235 e. The van der Waals surface area contributed by atoms with Gasteiger partial charge in [-0.05, 0) is 48.9 Å². The van der Waals surface area contributed by atoms with Crippen LogP contribution in [0.15, 0.2) is 48.8 Å². The van der Waals surface area contributed by atoms with Crippen LogP contribution in [0.2, 0.25) is 0 Å². The van der Waals surface area contributed by atoms with Gasteiger partial charge in [0.1, 0.15) is 17.2 Å². The fourth-order valence-electron chi connectivity index (χ4n) is 6.11. The van der Waals surface area contributed by atoms with Crippen LogP contribution in [0.4, 0.5) is 0 Å². The third-order valence-electron chi connectivity index (χ3n) is 8.29. The third kappa shape index (κ3) is 4.95. The number of nitrogens with zero attached hydrogens (tertiary/aromatic N) is 3. The summed E-state index contributed by atoms with van der Waals surface area (Å²) in [5.74, 6) is -0.724. The number of likely N-dealkylation sites (tertiary alicyclic amines) is 1. The van der Waals surface area contributed by atoms with Gasteiger partial charge >= 0.3 is 0 Å². The predicted octanol–water partition coefficient (Wildman–Crippen LogP) is 0.676. The Bertz CT molecular complexity index is 1220. The van der Waals surface area contributed by atoms with Crippen LogP contribution in [-0.4, -0.2) is 86.5 Å². The molecule has 11 heteroatoms. The van der Waals surface area contributed by atoms with Crippen molar-refractivity contribution in [2.24, 2.45) is 5.92 Å². The molecule has 10 nitrogen and oxygen atoms in total. The molecule has 7 atom stereocenters. The number of carbonyl (C=O) groups is 1. The highest BCUT2D eigenvalue weighted by molar-refractivity contribution is 7.18. The molecule has 2 aromatic heterocycles. The van der Waals surface area contributed by atoms with Crippen molar-refractivity contribution in [1.29, 1.82) is 0 Å². The lowest BCUT2D eigenvalue weighted by atomic mass is 9.90. The Morgan fingerprint density at radius 1 is 1.11 bits per heavy atom. The van der Waals surface area contributed by atoms with E-state index in [1.165, 1.54) is 16.9 Å². The summed E-state index contributed by atoms with van der Waals surface area (Å²) in [5, 5.41) is 41.6.